The number of hydrogen-bond donors (Lipinski definition) is 1. The molecular formula is C15H16BNO2. The number of ether oxygens (including phenoxy) is 1. The van der Waals surface area contributed by atoms with Gasteiger partial charge in [-0.15, -0.1) is 0 Å². The van der Waals surface area contributed by atoms with Gasteiger partial charge in [-0.2, -0.15) is 0 Å². The van der Waals surface area contributed by atoms with Gasteiger partial charge in [0.1, 0.15) is 19.3 Å². The molecule has 96 valence electrons. The second-order valence-corrected chi connectivity index (χ2v) is 4.85. The van der Waals surface area contributed by atoms with Crippen molar-refractivity contribution >= 4 is 24.7 Å². The molecule has 0 bridgehead atoms. The Bertz CT molecular complexity index is 628. The first-order valence-electron chi connectivity index (χ1n) is 6.58. The Hall–Kier alpha value is -2.10. The molecule has 1 N–H and O–H groups in total. The first-order valence-corrected chi connectivity index (χ1v) is 6.58. The van der Waals surface area contributed by atoms with E-state index in [4.69, 9.17) is 4.74 Å². The molecule has 0 aromatic heterocycles. The molecule has 0 spiro atoms. The molecule has 1 aliphatic rings. The van der Waals surface area contributed by atoms with Crippen LogP contribution in [0.2, 0.25) is 0 Å². The van der Waals surface area contributed by atoms with Gasteiger partial charge < -0.3 is 14.7 Å². The minimum atomic E-state index is 0.276. The summed E-state index contributed by atoms with van der Waals surface area (Å²) in [6.07, 6.45) is 1.00. The van der Waals surface area contributed by atoms with Crippen LogP contribution in [0.3, 0.4) is 0 Å². The molecule has 19 heavy (non-hydrogen) atoms. The van der Waals surface area contributed by atoms with Crippen LogP contribution in [0.25, 0.3) is 0 Å². The molecule has 3 rings (SSSR count). The molecule has 0 fully saturated rings. The number of fused-ring (bicyclic) bond motifs is 2. The van der Waals surface area contributed by atoms with Gasteiger partial charge in [0.25, 0.3) is 0 Å². The Kier molecular flexibility index (Phi) is 2.86. The Morgan fingerprint density at radius 2 is 2.00 bits per heavy atom. The summed E-state index contributed by atoms with van der Waals surface area (Å²) in [7, 11) is 1.95. The highest BCUT2D eigenvalue weighted by Crippen LogP contribution is 2.49. The lowest BCUT2D eigenvalue weighted by atomic mass is 9.94. The van der Waals surface area contributed by atoms with Crippen molar-refractivity contribution < 1.29 is 9.84 Å². The van der Waals surface area contributed by atoms with Crippen LogP contribution >= 0.6 is 0 Å². The third-order valence-corrected chi connectivity index (χ3v) is 3.29. The van der Waals surface area contributed by atoms with Crippen LogP contribution in [0.5, 0.6) is 17.2 Å². The molecule has 0 atom stereocenters. The minimum Gasteiger partial charge on any atom is -0.506 e. The molecule has 3 nitrogen and oxygen atoms in total. The van der Waals surface area contributed by atoms with Gasteiger partial charge in [-0.1, -0.05) is 24.5 Å². The zero-order valence-corrected chi connectivity index (χ0v) is 11.2. The molecule has 1 aliphatic heterocycles. The maximum absolute atomic E-state index is 10.2. The fourth-order valence-corrected chi connectivity index (χ4v) is 2.54. The molecule has 0 saturated heterocycles. The summed E-state index contributed by atoms with van der Waals surface area (Å²) >= 11 is 0. The van der Waals surface area contributed by atoms with E-state index in [0.29, 0.717) is 0 Å². The van der Waals surface area contributed by atoms with Gasteiger partial charge >= 0.3 is 0 Å². The van der Waals surface area contributed by atoms with Gasteiger partial charge in [0.05, 0.1) is 5.69 Å². The van der Waals surface area contributed by atoms with E-state index in [-0.39, 0.29) is 5.75 Å². The number of hydrogen-bond acceptors (Lipinski definition) is 3. The molecule has 1 heterocycles. The summed E-state index contributed by atoms with van der Waals surface area (Å²) in [4.78, 5) is 2.13. The van der Waals surface area contributed by atoms with Crippen molar-refractivity contribution in [1.29, 1.82) is 0 Å². The van der Waals surface area contributed by atoms with Crippen molar-refractivity contribution in [3.8, 4) is 17.2 Å². The quantitative estimate of drug-likeness (QED) is 0.833. The van der Waals surface area contributed by atoms with Crippen molar-refractivity contribution in [2.45, 2.75) is 13.3 Å². The second-order valence-electron chi connectivity index (χ2n) is 4.85. The molecule has 0 saturated carbocycles. The highest BCUT2D eigenvalue weighted by molar-refractivity contribution is 6.32. The zero-order valence-electron chi connectivity index (χ0n) is 11.2. The van der Waals surface area contributed by atoms with Crippen LogP contribution in [0.15, 0.2) is 36.4 Å². The van der Waals surface area contributed by atoms with Crippen LogP contribution < -0.4 is 15.1 Å². The minimum absolute atomic E-state index is 0.276. The van der Waals surface area contributed by atoms with E-state index in [2.05, 4.69) is 11.8 Å². The Morgan fingerprint density at radius 1 is 1.21 bits per heavy atom. The van der Waals surface area contributed by atoms with Gasteiger partial charge in [0.2, 0.25) is 0 Å². The number of benzene rings is 2. The molecule has 0 unspecified atom stereocenters. The second kappa shape index (κ2) is 4.54. The maximum Gasteiger partial charge on any atom is 0.154 e. The first kappa shape index (κ1) is 12.0. The van der Waals surface area contributed by atoms with Gasteiger partial charge in [-0.05, 0) is 30.7 Å². The predicted molar refractivity (Wildman–Crippen MR) is 80.1 cm³/mol. The lowest BCUT2D eigenvalue weighted by molar-refractivity contribution is 0.448. The lowest BCUT2D eigenvalue weighted by Crippen LogP contribution is -2.23. The third-order valence-electron chi connectivity index (χ3n) is 3.29. The van der Waals surface area contributed by atoms with Crippen LogP contribution in [-0.2, 0) is 0 Å². The number of rotatable bonds is 2. The Morgan fingerprint density at radius 3 is 2.79 bits per heavy atom. The number of phenols is 1. The molecule has 0 amide bonds. The van der Waals surface area contributed by atoms with Crippen LogP contribution in [0.4, 0.5) is 11.4 Å². The van der Waals surface area contributed by atoms with E-state index in [1.807, 2.05) is 38.2 Å². The average molecular weight is 253 g/mol. The fraction of sp³-hybridized carbons (Fsp3) is 0.200. The number of phenolic OH excluding ortho intramolecular Hbond substituents is 1. The van der Waals surface area contributed by atoms with E-state index in [1.54, 1.807) is 6.07 Å². The fourth-order valence-electron chi connectivity index (χ4n) is 2.54. The highest BCUT2D eigenvalue weighted by Gasteiger charge is 2.26. The molecule has 0 aliphatic carbocycles. The Labute approximate surface area is 113 Å². The normalized spacial score (nSPS) is 12.6. The van der Waals surface area contributed by atoms with Crippen LogP contribution in [0, 0.1) is 0 Å². The van der Waals surface area contributed by atoms with E-state index in [9.17, 15) is 5.11 Å². The number of nitrogens with zero attached hydrogens (tertiary/aromatic N) is 1. The van der Waals surface area contributed by atoms with Crippen molar-refractivity contribution in [3.63, 3.8) is 0 Å². The van der Waals surface area contributed by atoms with Crippen LogP contribution in [-0.4, -0.2) is 19.5 Å². The number of aromatic hydroxyl groups is 1. The van der Waals surface area contributed by atoms with E-state index < -0.39 is 0 Å². The van der Waals surface area contributed by atoms with Crippen molar-refractivity contribution in [1.82, 2.24) is 0 Å². The first-order chi connectivity index (χ1) is 9.20. The summed E-state index contributed by atoms with van der Waals surface area (Å²) in [5.74, 6) is 1.84. The average Bonchev–Trinajstić information content (AvgIpc) is 2.38. The van der Waals surface area contributed by atoms with E-state index >= 15 is 0 Å². The molecule has 2 aromatic rings. The topological polar surface area (TPSA) is 32.7 Å². The highest BCUT2D eigenvalue weighted by atomic mass is 16.5. The van der Waals surface area contributed by atoms with Crippen molar-refractivity contribution in [2.75, 3.05) is 11.4 Å². The number of anilines is 2. The van der Waals surface area contributed by atoms with Crippen molar-refractivity contribution in [3.05, 3.63) is 36.4 Å². The summed E-state index contributed by atoms with van der Waals surface area (Å²) in [6, 6.07) is 11.7. The summed E-state index contributed by atoms with van der Waals surface area (Å²) in [5.41, 5.74) is 2.77. The SMILES string of the molecule is Bc1cc(O)c2c(c1)Oc1ccccc1N2CCC. The lowest BCUT2D eigenvalue weighted by Gasteiger charge is -2.33. The van der Waals surface area contributed by atoms with E-state index in [0.717, 1.165) is 41.3 Å². The Balaban J connectivity index is 2.20. The summed E-state index contributed by atoms with van der Waals surface area (Å²) < 4.78 is 5.91. The molecule has 4 heteroatoms. The third kappa shape index (κ3) is 1.93. The monoisotopic (exact) mass is 253 g/mol. The molecular weight excluding hydrogens is 237 g/mol. The zero-order chi connectivity index (χ0) is 13.4. The number of para-hydroxylation sites is 2. The van der Waals surface area contributed by atoms with Gasteiger partial charge in [0.15, 0.2) is 11.5 Å². The summed E-state index contributed by atoms with van der Waals surface area (Å²) in [5, 5.41) is 10.2. The standard InChI is InChI=1S/C15H16BNO2/c1-2-7-17-11-5-3-4-6-13(11)19-14-9-10(16)8-12(18)15(14)17/h3-6,8-9,18H,2,7,16H2,1H3. The van der Waals surface area contributed by atoms with Crippen LogP contribution in [0.1, 0.15) is 13.3 Å². The maximum atomic E-state index is 10.2. The largest absolute Gasteiger partial charge is 0.506 e. The smallest absolute Gasteiger partial charge is 0.154 e. The van der Waals surface area contributed by atoms with Gasteiger partial charge in [0, 0.05) is 6.54 Å². The molecule has 0 radical (unpaired) electrons. The predicted octanol–water partition coefficient (Wildman–Crippen LogP) is 2.30. The van der Waals surface area contributed by atoms with Crippen molar-refractivity contribution in [2.24, 2.45) is 0 Å². The van der Waals surface area contributed by atoms with Gasteiger partial charge in [-0.25, -0.2) is 0 Å². The van der Waals surface area contributed by atoms with Gasteiger partial charge in [-0.3, -0.25) is 0 Å². The summed E-state index contributed by atoms with van der Waals surface area (Å²) in [6.45, 7) is 2.98. The van der Waals surface area contributed by atoms with E-state index in [1.165, 1.54) is 0 Å². The molecule has 2 aromatic carbocycles.